The first kappa shape index (κ1) is 14.4. The van der Waals surface area contributed by atoms with Gasteiger partial charge in [0.1, 0.15) is 0 Å². The molecular formula is C16H24N4O. The Kier molecular flexibility index (Phi) is 4.12. The summed E-state index contributed by atoms with van der Waals surface area (Å²) in [4.78, 5) is 17.3. The number of carbonyl (C=O) groups is 1. The summed E-state index contributed by atoms with van der Waals surface area (Å²) in [6, 6.07) is 6.30. The molecule has 2 fully saturated rings. The molecule has 1 amide bonds. The van der Waals surface area contributed by atoms with E-state index in [9.17, 15) is 4.79 Å². The quantitative estimate of drug-likeness (QED) is 0.641. The number of amides is 1. The van der Waals surface area contributed by atoms with Crippen LogP contribution in [0.4, 0.5) is 5.69 Å². The summed E-state index contributed by atoms with van der Waals surface area (Å²) in [5.41, 5.74) is 5.11. The number of piperidine rings is 1. The SMILES string of the molecule is Cc1ccc(NN)c(C(=O)N2CCN3CCCCC3C2)c1. The van der Waals surface area contributed by atoms with E-state index in [1.54, 1.807) is 0 Å². The molecule has 114 valence electrons. The molecule has 5 nitrogen and oxygen atoms in total. The summed E-state index contributed by atoms with van der Waals surface area (Å²) in [6.07, 6.45) is 3.78. The molecule has 2 aliphatic heterocycles. The largest absolute Gasteiger partial charge is 0.336 e. The van der Waals surface area contributed by atoms with Gasteiger partial charge >= 0.3 is 0 Å². The number of nitrogen functional groups attached to an aromatic ring is 1. The second kappa shape index (κ2) is 6.03. The van der Waals surface area contributed by atoms with Crippen LogP contribution in [0.5, 0.6) is 0 Å². The molecule has 1 unspecified atom stereocenters. The first-order chi connectivity index (χ1) is 10.2. The molecule has 21 heavy (non-hydrogen) atoms. The fourth-order valence-electron chi connectivity index (χ4n) is 3.47. The Balaban J connectivity index is 1.77. The molecule has 2 heterocycles. The standard InChI is InChI=1S/C16H24N4O/c1-12-5-6-15(18-17)14(10-12)16(21)20-9-8-19-7-3-2-4-13(19)11-20/h5-6,10,13,18H,2-4,7-9,11,17H2,1H3. The van der Waals surface area contributed by atoms with Crippen molar-refractivity contribution in [3.63, 3.8) is 0 Å². The average molecular weight is 288 g/mol. The Morgan fingerprint density at radius 1 is 1.29 bits per heavy atom. The van der Waals surface area contributed by atoms with E-state index >= 15 is 0 Å². The number of nitrogens with two attached hydrogens (primary N) is 1. The molecule has 5 heteroatoms. The number of aryl methyl sites for hydroxylation is 1. The van der Waals surface area contributed by atoms with Gasteiger partial charge in [0.25, 0.3) is 5.91 Å². The minimum absolute atomic E-state index is 0.0943. The Labute approximate surface area is 126 Å². The lowest BCUT2D eigenvalue weighted by Crippen LogP contribution is -2.56. The average Bonchev–Trinajstić information content (AvgIpc) is 2.53. The lowest BCUT2D eigenvalue weighted by Gasteiger charge is -2.44. The van der Waals surface area contributed by atoms with Crippen molar-refractivity contribution in [1.29, 1.82) is 0 Å². The van der Waals surface area contributed by atoms with Gasteiger partial charge < -0.3 is 10.3 Å². The van der Waals surface area contributed by atoms with E-state index < -0.39 is 0 Å². The van der Waals surface area contributed by atoms with Gasteiger partial charge in [0.2, 0.25) is 0 Å². The molecule has 1 aromatic carbocycles. The predicted octanol–water partition coefficient (Wildman–Crippen LogP) is 1.59. The fourth-order valence-corrected chi connectivity index (χ4v) is 3.47. The van der Waals surface area contributed by atoms with Crippen LogP contribution >= 0.6 is 0 Å². The van der Waals surface area contributed by atoms with Gasteiger partial charge in [-0.15, -0.1) is 0 Å². The topological polar surface area (TPSA) is 61.6 Å². The van der Waals surface area contributed by atoms with E-state index in [-0.39, 0.29) is 5.91 Å². The summed E-state index contributed by atoms with van der Waals surface area (Å²) in [5, 5.41) is 0. The number of nitrogens with zero attached hydrogens (tertiary/aromatic N) is 2. The molecular weight excluding hydrogens is 264 g/mol. The first-order valence-corrected chi connectivity index (χ1v) is 7.79. The van der Waals surface area contributed by atoms with Crippen LogP contribution in [-0.2, 0) is 0 Å². The number of carbonyl (C=O) groups excluding carboxylic acids is 1. The molecule has 0 aromatic heterocycles. The van der Waals surface area contributed by atoms with Crippen molar-refractivity contribution < 1.29 is 4.79 Å². The zero-order valence-electron chi connectivity index (χ0n) is 12.6. The van der Waals surface area contributed by atoms with Crippen molar-refractivity contribution in [2.75, 3.05) is 31.6 Å². The van der Waals surface area contributed by atoms with Crippen molar-refractivity contribution in [3.05, 3.63) is 29.3 Å². The number of benzene rings is 1. The van der Waals surface area contributed by atoms with Crippen LogP contribution in [0.15, 0.2) is 18.2 Å². The van der Waals surface area contributed by atoms with E-state index in [2.05, 4.69) is 10.3 Å². The van der Waals surface area contributed by atoms with Crippen molar-refractivity contribution in [3.8, 4) is 0 Å². The second-order valence-corrected chi connectivity index (χ2v) is 6.13. The fraction of sp³-hybridized carbons (Fsp3) is 0.562. The predicted molar refractivity (Wildman–Crippen MR) is 84.1 cm³/mol. The Bertz CT molecular complexity index is 531. The zero-order chi connectivity index (χ0) is 14.8. The van der Waals surface area contributed by atoms with Gasteiger partial charge in [-0.05, 0) is 38.4 Å². The molecule has 2 aliphatic rings. The summed E-state index contributed by atoms with van der Waals surface area (Å²) >= 11 is 0. The minimum Gasteiger partial charge on any atom is -0.336 e. The van der Waals surface area contributed by atoms with Crippen LogP contribution in [-0.4, -0.2) is 47.9 Å². The molecule has 0 radical (unpaired) electrons. The molecule has 0 aliphatic carbocycles. The van der Waals surface area contributed by atoms with Gasteiger partial charge in [0, 0.05) is 25.7 Å². The van der Waals surface area contributed by atoms with Crippen LogP contribution < -0.4 is 11.3 Å². The van der Waals surface area contributed by atoms with Crippen molar-refractivity contribution in [2.45, 2.75) is 32.2 Å². The van der Waals surface area contributed by atoms with Crippen LogP contribution in [0.1, 0.15) is 35.2 Å². The first-order valence-electron chi connectivity index (χ1n) is 7.79. The summed E-state index contributed by atoms with van der Waals surface area (Å²) in [7, 11) is 0. The second-order valence-electron chi connectivity index (χ2n) is 6.13. The van der Waals surface area contributed by atoms with E-state index in [4.69, 9.17) is 5.84 Å². The Morgan fingerprint density at radius 3 is 2.95 bits per heavy atom. The molecule has 1 atom stereocenters. The number of piperazine rings is 1. The third-order valence-electron chi connectivity index (χ3n) is 4.69. The Hall–Kier alpha value is -1.59. The third-order valence-corrected chi connectivity index (χ3v) is 4.69. The highest BCUT2D eigenvalue weighted by Crippen LogP contribution is 2.24. The number of hydrogen-bond acceptors (Lipinski definition) is 4. The summed E-state index contributed by atoms with van der Waals surface area (Å²) in [5.74, 6) is 5.64. The van der Waals surface area contributed by atoms with Crippen LogP contribution in [0, 0.1) is 6.92 Å². The van der Waals surface area contributed by atoms with Gasteiger partial charge in [0.05, 0.1) is 11.3 Å². The minimum atomic E-state index is 0.0943. The van der Waals surface area contributed by atoms with Gasteiger partial charge in [-0.2, -0.15) is 0 Å². The lowest BCUT2D eigenvalue weighted by atomic mass is 9.98. The maximum Gasteiger partial charge on any atom is 0.256 e. The van der Waals surface area contributed by atoms with Gasteiger partial charge in [0.15, 0.2) is 0 Å². The zero-order valence-corrected chi connectivity index (χ0v) is 12.6. The van der Waals surface area contributed by atoms with Crippen LogP contribution in [0.2, 0.25) is 0 Å². The van der Waals surface area contributed by atoms with E-state index in [0.717, 1.165) is 25.2 Å². The van der Waals surface area contributed by atoms with Crippen LogP contribution in [0.25, 0.3) is 0 Å². The summed E-state index contributed by atoms with van der Waals surface area (Å²) in [6.45, 7) is 5.83. The molecule has 3 rings (SSSR count). The molecule has 0 spiro atoms. The number of anilines is 1. The van der Waals surface area contributed by atoms with Crippen molar-refractivity contribution in [2.24, 2.45) is 5.84 Å². The normalized spacial score (nSPS) is 22.8. The number of nitrogens with one attached hydrogen (secondary N) is 1. The van der Waals surface area contributed by atoms with Gasteiger partial charge in [-0.3, -0.25) is 15.5 Å². The highest BCUT2D eigenvalue weighted by Gasteiger charge is 2.31. The molecule has 2 saturated heterocycles. The van der Waals surface area contributed by atoms with Crippen molar-refractivity contribution in [1.82, 2.24) is 9.80 Å². The van der Waals surface area contributed by atoms with Crippen molar-refractivity contribution >= 4 is 11.6 Å². The monoisotopic (exact) mass is 288 g/mol. The van der Waals surface area contributed by atoms with E-state index in [1.165, 1.54) is 25.8 Å². The lowest BCUT2D eigenvalue weighted by molar-refractivity contribution is 0.0373. The molecule has 3 N–H and O–H groups in total. The van der Waals surface area contributed by atoms with Gasteiger partial charge in [-0.1, -0.05) is 18.1 Å². The maximum absolute atomic E-state index is 12.8. The maximum atomic E-state index is 12.8. The number of hydrazine groups is 1. The van der Waals surface area contributed by atoms with Gasteiger partial charge in [-0.25, -0.2) is 0 Å². The molecule has 0 bridgehead atoms. The summed E-state index contributed by atoms with van der Waals surface area (Å²) < 4.78 is 0. The Morgan fingerprint density at radius 2 is 2.14 bits per heavy atom. The third kappa shape index (κ3) is 2.89. The van der Waals surface area contributed by atoms with E-state index in [1.807, 2.05) is 30.0 Å². The van der Waals surface area contributed by atoms with E-state index in [0.29, 0.717) is 17.3 Å². The highest BCUT2D eigenvalue weighted by molar-refractivity contribution is 5.99. The number of hydrogen-bond donors (Lipinski definition) is 2. The molecule has 1 aromatic rings. The highest BCUT2D eigenvalue weighted by atomic mass is 16.2. The van der Waals surface area contributed by atoms with Crippen LogP contribution in [0.3, 0.4) is 0 Å². The molecule has 0 saturated carbocycles. The number of fused-ring (bicyclic) bond motifs is 1. The number of rotatable bonds is 2. The smallest absolute Gasteiger partial charge is 0.256 e.